The van der Waals surface area contributed by atoms with E-state index in [-0.39, 0.29) is 11.5 Å². The second-order valence-corrected chi connectivity index (χ2v) is 8.10. The molecule has 9 heteroatoms. The van der Waals surface area contributed by atoms with E-state index in [1.54, 1.807) is 36.4 Å². The van der Waals surface area contributed by atoms with Crippen molar-refractivity contribution in [2.75, 3.05) is 25.0 Å². The van der Waals surface area contributed by atoms with Crippen LogP contribution in [-0.4, -0.2) is 64.7 Å². The zero-order valence-corrected chi connectivity index (χ0v) is 18.9. The highest BCUT2D eigenvalue weighted by atomic mass is 16.5. The van der Waals surface area contributed by atoms with E-state index in [4.69, 9.17) is 5.21 Å². The number of aliphatic hydroxyl groups excluding tert-OH is 1. The van der Waals surface area contributed by atoms with E-state index in [0.29, 0.717) is 12.1 Å². The van der Waals surface area contributed by atoms with E-state index in [1.165, 1.54) is 12.4 Å². The molecule has 1 fully saturated rings. The van der Waals surface area contributed by atoms with Crippen LogP contribution in [0, 0.1) is 11.8 Å². The molecule has 0 radical (unpaired) electrons. The third kappa shape index (κ3) is 7.15. The number of benzene rings is 2. The normalized spacial score (nSPS) is 14.9. The minimum Gasteiger partial charge on any atom is -0.391 e. The number of carbonyl (C=O) groups is 3. The van der Waals surface area contributed by atoms with E-state index >= 15 is 0 Å². The van der Waals surface area contributed by atoms with Gasteiger partial charge in [-0.05, 0) is 81.4 Å². The molecule has 5 N–H and O–H groups in total. The van der Waals surface area contributed by atoms with Crippen LogP contribution in [-0.2, 0) is 9.59 Å². The van der Waals surface area contributed by atoms with Gasteiger partial charge in [0.1, 0.15) is 6.04 Å². The SMILES string of the molecule is CC(O)C(NC(=O)c1ccc(C#Cc2ccc(NC(=O)CN3CCCC3)cc2)cc1)C(=O)NO. The molecule has 3 rings (SSSR count). The van der Waals surface area contributed by atoms with Crippen molar-refractivity contribution in [1.82, 2.24) is 15.7 Å². The number of hydrogen-bond donors (Lipinski definition) is 5. The monoisotopic (exact) mass is 464 g/mol. The largest absolute Gasteiger partial charge is 0.391 e. The summed E-state index contributed by atoms with van der Waals surface area (Å²) in [6.07, 6.45) is 1.10. The van der Waals surface area contributed by atoms with Gasteiger partial charge in [-0.15, -0.1) is 0 Å². The van der Waals surface area contributed by atoms with Crippen LogP contribution < -0.4 is 16.1 Å². The number of likely N-dealkylation sites (tertiary alicyclic amines) is 1. The van der Waals surface area contributed by atoms with Crippen LogP contribution in [0.2, 0.25) is 0 Å². The zero-order valence-electron chi connectivity index (χ0n) is 18.9. The number of amides is 3. The van der Waals surface area contributed by atoms with Crippen LogP contribution in [0.25, 0.3) is 0 Å². The molecule has 0 aromatic heterocycles. The molecule has 2 unspecified atom stereocenters. The number of rotatable bonds is 7. The van der Waals surface area contributed by atoms with Gasteiger partial charge in [-0.1, -0.05) is 11.8 Å². The molecule has 3 amide bonds. The third-order valence-corrected chi connectivity index (χ3v) is 5.39. The van der Waals surface area contributed by atoms with E-state index in [1.807, 2.05) is 12.1 Å². The number of nitrogens with one attached hydrogen (secondary N) is 3. The van der Waals surface area contributed by atoms with Crippen molar-refractivity contribution in [3.05, 3.63) is 65.2 Å². The molecule has 1 heterocycles. The first-order valence-electron chi connectivity index (χ1n) is 11.0. The lowest BCUT2D eigenvalue weighted by atomic mass is 10.1. The summed E-state index contributed by atoms with van der Waals surface area (Å²) in [5.41, 5.74) is 3.86. The maximum absolute atomic E-state index is 12.3. The highest BCUT2D eigenvalue weighted by Crippen LogP contribution is 2.11. The fraction of sp³-hybridized carbons (Fsp3) is 0.320. The molecule has 1 saturated heterocycles. The first-order chi connectivity index (χ1) is 16.4. The Morgan fingerprint density at radius 3 is 2.06 bits per heavy atom. The Kier molecular flexibility index (Phi) is 8.76. The number of carbonyl (C=O) groups excluding carboxylic acids is 3. The summed E-state index contributed by atoms with van der Waals surface area (Å²) >= 11 is 0. The zero-order chi connectivity index (χ0) is 24.5. The van der Waals surface area contributed by atoms with Crippen molar-refractivity contribution in [3.8, 4) is 11.8 Å². The van der Waals surface area contributed by atoms with Crippen molar-refractivity contribution in [2.45, 2.75) is 31.9 Å². The first-order valence-corrected chi connectivity index (χ1v) is 11.0. The lowest BCUT2D eigenvalue weighted by Gasteiger charge is -2.19. The maximum atomic E-state index is 12.3. The van der Waals surface area contributed by atoms with Gasteiger partial charge in [0, 0.05) is 22.4 Å². The number of hydrogen-bond acceptors (Lipinski definition) is 6. The van der Waals surface area contributed by atoms with Gasteiger partial charge in [0.2, 0.25) is 5.91 Å². The summed E-state index contributed by atoms with van der Waals surface area (Å²) in [6, 6.07) is 12.4. The van der Waals surface area contributed by atoms with Crippen molar-refractivity contribution >= 4 is 23.4 Å². The van der Waals surface area contributed by atoms with Crippen LogP contribution in [0.1, 0.15) is 41.3 Å². The Morgan fingerprint density at radius 2 is 1.53 bits per heavy atom. The molecule has 9 nitrogen and oxygen atoms in total. The van der Waals surface area contributed by atoms with Crippen molar-refractivity contribution < 1.29 is 24.7 Å². The molecule has 2 aromatic carbocycles. The molecular formula is C25H28N4O5. The summed E-state index contributed by atoms with van der Waals surface area (Å²) in [7, 11) is 0. The number of anilines is 1. The maximum Gasteiger partial charge on any atom is 0.268 e. The number of nitrogens with zero attached hydrogens (tertiary/aromatic N) is 1. The molecule has 34 heavy (non-hydrogen) atoms. The van der Waals surface area contributed by atoms with Gasteiger partial charge < -0.3 is 15.7 Å². The molecule has 1 aliphatic heterocycles. The average molecular weight is 465 g/mol. The van der Waals surface area contributed by atoms with Gasteiger partial charge in [-0.25, -0.2) is 5.48 Å². The average Bonchev–Trinajstić information content (AvgIpc) is 3.34. The third-order valence-electron chi connectivity index (χ3n) is 5.39. The molecule has 0 saturated carbocycles. The van der Waals surface area contributed by atoms with Crippen molar-refractivity contribution in [1.29, 1.82) is 0 Å². The molecule has 1 aliphatic rings. The van der Waals surface area contributed by atoms with Gasteiger partial charge >= 0.3 is 0 Å². The van der Waals surface area contributed by atoms with Crippen LogP contribution in [0.4, 0.5) is 5.69 Å². The number of hydroxylamine groups is 1. The highest BCUT2D eigenvalue weighted by Gasteiger charge is 2.25. The van der Waals surface area contributed by atoms with Gasteiger partial charge in [-0.2, -0.15) is 0 Å². The van der Waals surface area contributed by atoms with Gasteiger partial charge in [0.25, 0.3) is 11.8 Å². The van der Waals surface area contributed by atoms with Crippen LogP contribution in [0.15, 0.2) is 48.5 Å². The smallest absolute Gasteiger partial charge is 0.268 e. The Bertz CT molecular complexity index is 1070. The molecule has 2 atom stereocenters. The fourth-order valence-corrected chi connectivity index (χ4v) is 3.53. The van der Waals surface area contributed by atoms with Gasteiger partial charge in [0.15, 0.2) is 0 Å². The minimum absolute atomic E-state index is 0.0263. The van der Waals surface area contributed by atoms with Gasteiger partial charge in [-0.3, -0.25) is 24.5 Å². The molecule has 0 bridgehead atoms. The lowest BCUT2D eigenvalue weighted by molar-refractivity contribution is -0.133. The Balaban J connectivity index is 1.56. The molecule has 178 valence electrons. The van der Waals surface area contributed by atoms with E-state index < -0.39 is 24.0 Å². The Labute approximate surface area is 198 Å². The minimum atomic E-state index is -1.29. The predicted molar refractivity (Wildman–Crippen MR) is 126 cm³/mol. The second-order valence-electron chi connectivity index (χ2n) is 8.10. The summed E-state index contributed by atoms with van der Waals surface area (Å²) in [5.74, 6) is 4.53. The van der Waals surface area contributed by atoms with E-state index in [0.717, 1.165) is 37.2 Å². The number of aliphatic hydroxyl groups is 1. The quantitative estimate of drug-likeness (QED) is 0.237. The van der Waals surface area contributed by atoms with Crippen LogP contribution >= 0.6 is 0 Å². The predicted octanol–water partition coefficient (Wildman–Crippen LogP) is 1.11. The van der Waals surface area contributed by atoms with E-state index in [2.05, 4.69) is 27.4 Å². The first kappa shape index (κ1) is 24.9. The van der Waals surface area contributed by atoms with Crippen molar-refractivity contribution in [2.24, 2.45) is 0 Å². The summed E-state index contributed by atoms with van der Waals surface area (Å²) in [4.78, 5) is 38.2. The highest BCUT2D eigenvalue weighted by molar-refractivity contribution is 5.97. The van der Waals surface area contributed by atoms with Gasteiger partial charge in [0.05, 0.1) is 12.6 Å². The molecule has 0 spiro atoms. The molecule has 2 aromatic rings. The Hall–Kier alpha value is -3.71. The summed E-state index contributed by atoms with van der Waals surface area (Å²) < 4.78 is 0. The topological polar surface area (TPSA) is 131 Å². The molecular weight excluding hydrogens is 436 g/mol. The van der Waals surface area contributed by atoms with Crippen LogP contribution in [0.5, 0.6) is 0 Å². The second kappa shape index (κ2) is 12.0. The molecule has 0 aliphatic carbocycles. The van der Waals surface area contributed by atoms with Crippen molar-refractivity contribution in [3.63, 3.8) is 0 Å². The lowest BCUT2D eigenvalue weighted by Crippen LogP contribution is -2.51. The summed E-state index contributed by atoms with van der Waals surface area (Å²) in [5, 5.41) is 23.6. The fourth-order valence-electron chi connectivity index (χ4n) is 3.53. The Morgan fingerprint density at radius 1 is 0.971 bits per heavy atom. The standard InChI is InChI=1S/C25H28N4O5/c1-17(30)23(25(33)28-34)27-24(32)20-10-6-18(7-11-20)4-5-19-8-12-21(13-9-19)26-22(31)16-29-14-2-3-15-29/h6-13,17,23,30,34H,2-3,14-16H2,1H3,(H,26,31)(H,27,32)(H,28,33). The van der Waals surface area contributed by atoms with E-state index in [9.17, 15) is 19.5 Å². The summed E-state index contributed by atoms with van der Waals surface area (Å²) in [6.45, 7) is 3.67. The van der Waals surface area contributed by atoms with Crippen LogP contribution in [0.3, 0.4) is 0 Å².